The molecule has 0 saturated heterocycles. The zero-order chi connectivity index (χ0) is 17.2. The smallest absolute Gasteiger partial charge is 0.223 e. The van der Waals surface area contributed by atoms with Crippen LogP contribution in [-0.2, 0) is 14.3 Å². The molecule has 5 heteroatoms. The van der Waals surface area contributed by atoms with E-state index in [-0.39, 0.29) is 11.8 Å². The number of carbonyl (C=O) groups excluding carboxylic acids is 2. The van der Waals surface area contributed by atoms with Crippen molar-refractivity contribution in [2.24, 2.45) is 0 Å². The molecule has 0 heterocycles. The molecule has 23 heavy (non-hydrogen) atoms. The van der Waals surface area contributed by atoms with E-state index in [0.717, 1.165) is 17.7 Å². The summed E-state index contributed by atoms with van der Waals surface area (Å²) in [4.78, 5) is 25.6. The second-order valence-electron chi connectivity index (χ2n) is 5.83. The first-order chi connectivity index (χ1) is 11.0. The van der Waals surface area contributed by atoms with Gasteiger partial charge < -0.3 is 15.0 Å². The Morgan fingerprint density at radius 1 is 1.26 bits per heavy atom. The van der Waals surface area contributed by atoms with Crippen molar-refractivity contribution in [2.45, 2.75) is 39.5 Å². The van der Waals surface area contributed by atoms with Crippen molar-refractivity contribution >= 4 is 17.5 Å². The molecule has 1 N–H and O–H groups in total. The van der Waals surface area contributed by atoms with E-state index in [9.17, 15) is 9.59 Å². The monoisotopic (exact) mass is 320 g/mol. The first-order valence-corrected chi connectivity index (χ1v) is 8.10. The fourth-order valence-corrected chi connectivity index (χ4v) is 2.42. The lowest BCUT2D eigenvalue weighted by Crippen LogP contribution is -2.35. The minimum atomic E-state index is -0.0507. The maximum absolute atomic E-state index is 12.0. The quantitative estimate of drug-likeness (QED) is 0.712. The van der Waals surface area contributed by atoms with Gasteiger partial charge in [-0.05, 0) is 24.0 Å². The van der Waals surface area contributed by atoms with Crippen molar-refractivity contribution in [3.63, 3.8) is 0 Å². The third kappa shape index (κ3) is 6.40. The van der Waals surface area contributed by atoms with Crippen molar-refractivity contribution in [3.8, 4) is 0 Å². The molecule has 0 atom stereocenters. The Morgan fingerprint density at radius 3 is 2.57 bits per heavy atom. The van der Waals surface area contributed by atoms with Gasteiger partial charge in [-0.3, -0.25) is 9.59 Å². The zero-order valence-corrected chi connectivity index (χ0v) is 14.6. The first kappa shape index (κ1) is 19.2. The molecule has 0 saturated carbocycles. The summed E-state index contributed by atoms with van der Waals surface area (Å²) >= 11 is 0. The van der Waals surface area contributed by atoms with Gasteiger partial charge in [-0.1, -0.05) is 32.0 Å². The predicted molar refractivity (Wildman–Crippen MR) is 92.7 cm³/mol. The number of hydrogen-bond acceptors (Lipinski definition) is 3. The van der Waals surface area contributed by atoms with E-state index in [1.54, 1.807) is 12.0 Å². The number of methoxy groups -OCH3 is 1. The van der Waals surface area contributed by atoms with E-state index in [1.165, 1.54) is 6.92 Å². The van der Waals surface area contributed by atoms with Crippen LogP contribution in [0.3, 0.4) is 0 Å². The molecule has 0 spiro atoms. The van der Waals surface area contributed by atoms with Crippen LogP contribution in [0.15, 0.2) is 24.3 Å². The van der Waals surface area contributed by atoms with Crippen molar-refractivity contribution in [1.29, 1.82) is 0 Å². The van der Waals surface area contributed by atoms with Crippen LogP contribution < -0.4 is 10.2 Å². The Bertz CT molecular complexity index is 515. The summed E-state index contributed by atoms with van der Waals surface area (Å²) in [5, 5.41) is 2.84. The topological polar surface area (TPSA) is 58.6 Å². The van der Waals surface area contributed by atoms with Crippen LogP contribution in [0.5, 0.6) is 0 Å². The fraction of sp³-hybridized carbons (Fsp3) is 0.556. The van der Waals surface area contributed by atoms with Crippen molar-refractivity contribution in [3.05, 3.63) is 29.8 Å². The fourth-order valence-electron chi connectivity index (χ4n) is 2.42. The van der Waals surface area contributed by atoms with Crippen LogP contribution in [0.4, 0.5) is 5.69 Å². The number of para-hydroxylation sites is 1. The maximum Gasteiger partial charge on any atom is 0.223 e. The molecule has 0 radical (unpaired) electrons. The van der Waals surface area contributed by atoms with Crippen molar-refractivity contribution in [1.82, 2.24) is 5.32 Å². The van der Waals surface area contributed by atoms with Gasteiger partial charge in [0.05, 0.1) is 0 Å². The van der Waals surface area contributed by atoms with Gasteiger partial charge in [-0.25, -0.2) is 0 Å². The third-order valence-electron chi connectivity index (χ3n) is 3.64. The molecular weight excluding hydrogens is 292 g/mol. The number of benzene rings is 1. The highest BCUT2D eigenvalue weighted by molar-refractivity contribution is 5.93. The molecular formula is C18H28N2O3. The van der Waals surface area contributed by atoms with E-state index in [1.807, 2.05) is 24.3 Å². The highest BCUT2D eigenvalue weighted by Crippen LogP contribution is 2.27. The standard InChI is InChI=1S/C18H28N2O3/c1-14(2)16-8-5-6-9-17(16)20(15(3)21)12-10-18(22)19-11-7-13-23-4/h5-6,8-9,14H,7,10-13H2,1-4H3,(H,19,22). The minimum Gasteiger partial charge on any atom is -0.385 e. The lowest BCUT2D eigenvalue weighted by molar-refractivity contribution is -0.121. The number of nitrogens with one attached hydrogen (secondary N) is 1. The Labute approximate surface area is 139 Å². The summed E-state index contributed by atoms with van der Waals surface area (Å²) in [5.74, 6) is 0.218. The second kappa shape index (κ2) is 10.0. The Hall–Kier alpha value is -1.88. The Morgan fingerprint density at radius 2 is 1.96 bits per heavy atom. The summed E-state index contributed by atoms with van der Waals surface area (Å²) in [5.41, 5.74) is 2.00. The first-order valence-electron chi connectivity index (χ1n) is 8.10. The van der Waals surface area contributed by atoms with Crippen molar-refractivity contribution < 1.29 is 14.3 Å². The van der Waals surface area contributed by atoms with Crippen LogP contribution in [0, 0.1) is 0 Å². The van der Waals surface area contributed by atoms with Gasteiger partial charge in [-0.2, -0.15) is 0 Å². The normalized spacial score (nSPS) is 10.7. The summed E-state index contributed by atoms with van der Waals surface area (Å²) in [6.45, 7) is 7.33. The second-order valence-corrected chi connectivity index (χ2v) is 5.83. The van der Waals surface area contributed by atoms with Crippen LogP contribution in [0.2, 0.25) is 0 Å². The molecule has 0 bridgehead atoms. The molecule has 128 valence electrons. The van der Waals surface area contributed by atoms with Gasteiger partial charge in [-0.15, -0.1) is 0 Å². The third-order valence-corrected chi connectivity index (χ3v) is 3.64. The molecule has 0 aliphatic heterocycles. The van der Waals surface area contributed by atoms with Gasteiger partial charge in [0.2, 0.25) is 11.8 Å². The van der Waals surface area contributed by atoms with Crippen LogP contribution in [0.1, 0.15) is 45.1 Å². The summed E-state index contributed by atoms with van der Waals surface area (Å²) in [6.07, 6.45) is 1.08. The summed E-state index contributed by atoms with van der Waals surface area (Å²) in [6, 6.07) is 7.86. The van der Waals surface area contributed by atoms with E-state index in [4.69, 9.17) is 4.74 Å². The van der Waals surface area contributed by atoms with Crippen LogP contribution in [0.25, 0.3) is 0 Å². The Kier molecular flexibility index (Phi) is 8.33. The molecule has 1 aromatic rings. The SMILES string of the molecule is COCCCNC(=O)CCN(C(C)=O)c1ccccc1C(C)C. The zero-order valence-electron chi connectivity index (χ0n) is 14.6. The molecule has 0 aromatic heterocycles. The number of carbonyl (C=O) groups is 2. The summed E-state index contributed by atoms with van der Waals surface area (Å²) in [7, 11) is 1.64. The van der Waals surface area contributed by atoms with Gasteiger partial charge in [0.1, 0.15) is 0 Å². The molecule has 0 aliphatic carbocycles. The lowest BCUT2D eigenvalue weighted by atomic mass is 10.0. The number of ether oxygens (including phenoxy) is 1. The number of rotatable bonds is 9. The lowest BCUT2D eigenvalue weighted by Gasteiger charge is -2.25. The minimum absolute atomic E-state index is 0.0469. The number of amides is 2. The van der Waals surface area contributed by atoms with Gasteiger partial charge in [0, 0.05) is 45.8 Å². The van der Waals surface area contributed by atoms with Gasteiger partial charge in [0.15, 0.2) is 0 Å². The van der Waals surface area contributed by atoms with Gasteiger partial charge >= 0.3 is 0 Å². The van der Waals surface area contributed by atoms with E-state index >= 15 is 0 Å². The molecule has 0 fully saturated rings. The highest BCUT2D eigenvalue weighted by Gasteiger charge is 2.17. The molecule has 5 nitrogen and oxygen atoms in total. The van der Waals surface area contributed by atoms with Gasteiger partial charge in [0.25, 0.3) is 0 Å². The Balaban J connectivity index is 2.67. The van der Waals surface area contributed by atoms with E-state index in [2.05, 4.69) is 19.2 Å². The highest BCUT2D eigenvalue weighted by atomic mass is 16.5. The number of hydrogen-bond donors (Lipinski definition) is 1. The molecule has 1 rings (SSSR count). The largest absolute Gasteiger partial charge is 0.385 e. The van der Waals surface area contributed by atoms with Crippen molar-refractivity contribution in [2.75, 3.05) is 31.7 Å². The van der Waals surface area contributed by atoms with E-state index in [0.29, 0.717) is 32.0 Å². The summed E-state index contributed by atoms with van der Waals surface area (Å²) < 4.78 is 4.94. The maximum atomic E-state index is 12.0. The van der Waals surface area contributed by atoms with Crippen LogP contribution in [-0.4, -0.2) is 38.6 Å². The molecule has 0 aliphatic rings. The number of anilines is 1. The average Bonchev–Trinajstić information content (AvgIpc) is 2.51. The molecule has 2 amide bonds. The number of nitrogens with zero attached hydrogens (tertiary/aromatic N) is 1. The average molecular weight is 320 g/mol. The van der Waals surface area contributed by atoms with Crippen LogP contribution >= 0.6 is 0 Å². The molecule has 1 aromatic carbocycles. The molecule has 0 unspecified atom stereocenters. The predicted octanol–water partition coefficient (Wildman–Crippen LogP) is 2.71. The van der Waals surface area contributed by atoms with E-state index < -0.39 is 0 Å².